The van der Waals surface area contributed by atoms with E-state index in [1.54, 1.807) is 41.2 Å². The Balaban J connectivity index is 1.58. The molecule has 1 aliphatic rings. The van der Waals surface area contributed by atoms with Gasteiger partial charge in [-0.25, -0.2) is 9.78 Å². The molecule has 0 saturated heterocycles. The van der Waals surface area contributed by atoms with Gasteiger partial charge in [-0.3, -0.25) is 4.79 Å². The lowest BCUT2D eigenvalue weighted by Crippen LogP contribution is -2.38. The second-order valence-corrected chi connectivity index (χ2v) is 6.02. The lowest BCUT2D eigenvalue weighted by molar-refractivity contribution is -0.125. The second-order valence-electron chi connectivity index (χ2n) is 6.02. The van der Waals surface area contributed by atoms with Crippen LogP contribution in [0.1, 0.15) is 21.6 Å². The Bertz CT molecular complexity index is 981. The number of hydrogen-bond acceptors (Lipinski definition) is 5. The molecule has 0 radical (unpaired) electrons. The molecular formula is C19H16N4O3. The number of nitrogens with zero attached hydrogens (tertiary/aromatic N) is 3. The van der Waals surface area contributed by atoms with Crippen molar-refractivity contribution in [3.63, 3.8) is 0 Å². The predicted octanol–water partition coefficient (Wildman–Crippen LogP) is 2.30. The number of ether oxygens (including phenoxy) is 1. The monoisotopic (exact) mass is 348 g/mol. The maximum atomic E-state index is 12.7. The standard InChI is InChI=1S/C19H16N4O3/c1-12-10-17(23(22-12)16-8-4-5-9-20-16)21-18(24)15-11-13-6-2-3-7-14(13)19(25)26-15/h2-10,15H,11H2,1H3,(H,21,24)/t15-/m1/s1. The Hall–Kier alpha value is -3.48. The molecule has 130 valence electrons. The van der Waals surface area contributed by atoms with E-state index in [9.17, 15) is 9.59 Å². The first-order valence-corrected chi connectivity index (χ1v) is 8.19. The third-order valence-corrected chi connectivity index (χ3v) is 4.13. The zero-order valence-electron chi connectivity index (χ0n) is 14.0. The highest BCUT2D eigenvalue weighted by Gasteiger charge is 2.31. The van der Waals surface area contributed by atoms with Crippen molar-refractivity contribution in [1.82, 2.24) is 14.8 Å². The third kappa shape index (κ3) is 2.95. The number of nitrogens with one attached hydrogen (secondary N) is 1. The van der Waals surface area contributed by atoms with Crippen LogP contribution in [0.4, 0.5) is 5.82 Å². The van der Waals surface area contributed by atoms with Gasteiger partial charge in [-0.2, -0.15) is 9.78 Å². The summed E-state index contributed by atoms with van der Waals surface area (Å²) in [5.74, 6) is 0.175. The van der Waals surface area contributed by atoms with Gasteiger partial charge in [-0.15, -0.1) is 0 Å². The fourth-order valence-corrected chi connectivity index (χ4v) is 2.93. The first-order chi connectivity index (χ1) is 12.6. The normalized spacial score (nSPS) is 15.9. The van der Waals surface area contributed by atoms with Gasteiger partial charge in [0.05, 0.1) is 11.3 Å². The minimum absolute atomic E-state index is 0.338. The van der Waals surface area contributed by atoms with Gasteiger partial charge in [-0.1, -0.05) is 24.3 Å². The minimum atomic E-state index is -0.884. The molecule has 0 fully saturated rings. The number of carbonyl (C=O) groups excluding carboxylic acids is 2. The number of benzene rings is 1. The van der Waals surface area contributed by atoms with Crippen LogP contribution in [-0.2, 0) is 16.0 Å². The zero-order valence-corrected chi connectivity index (χ0v) is 14.0. The van der Waals surface area contributed by atoms with Gasteiger partial charge < -0.3 is 10.1 Å². The Morgan fingerprint density at radius 3 is 2.85 bits per heavy atom. The molecule has 0 aliphatic carbocycles. The lowest BCUT2D eigenvalue weighted by Gasteiger charge is -2.23. The van der Waals surface area contributed by atoms with Crippen LogP contribution in [0.5, 0.6) is 0 Å². The molecule has 4 rings (SSSR count). The number of rotatable bonds is 3. The number of pyridine rings is 1. The van der Waals surface area contributed by atoms with Crippen LogP contribution >= 0.6 is 0 Å². The molecular weight excluding hydrogens is 332 g/mol. The summed E-state index contributed by atoms with van der Waals surface area (Å²) < 4.78 is 6.85. The maximum Gasteiger partial charge on any atom is 0.339 e. The van der Waals surface area contributed by atoms with Crippen molar-refractivity contribution in [3.8, 4) is 5.82 Å². The number of fused-ring (bicyclic) bond motifs is 1. The van der Waals surface area contributed by atoms with Crippen molar-refractivity contribution in [2.75, 3.05) is 5.32 Å². The molecule has 3 aromatic rings. The third-order valence-electron chi connectivity index (χ3n) is 4.13. The smallest absolute Gasteiger partial charge is 0.339 e. The van der Waals surface area contributed by atoms with E-state index >= 15 is 0 Å². The molecule has 0 spiro atoms. The van der Waals surface area contributed by atoms with Gasteiger partial charge in [0.15, 0.2) is 11.9 Å². The van der Waals surface area contributed by atoms with E-state index < -0.39 is 18.0 Å². The van der Waals surface area contributed by atoms with Crippen molar-refractivity contribution in [3.05, 3.63) is 71.5 Å². The van der Waals surface area contributed by atoms with Gasteiger partial charge in [0, 0.05) is 18.7 Å². The van der Waals surface area contributed by atoms with E-state index in [0.717, 1.165) is 11.3 Å². The number of cyclic esters (lactones) is 1. The highest BCUT2D eigenvalue weighted by molar-refractivity contribution is 5.99. The second kappa shape index (κ2) is 6.44. The van der Waals surface area contributed by atoms with Crippen molar-refractivity contribution in [1.29, 1.82) is 0 Å². The molecule has 1 amide bonds. The number of amides is 1. The number of hydrogen-bond donors (Lipinski definition) is 1. The Kier molecular flexibility index (Phi) is 3.96. The van der Waals surface area contributed by atoms with E-state index in [2.05, 4.69) is 15.4 Å². The van der Waals surface area contributed by atoms with Gasteiger partial charge >= 0.3 is 5.97 Å². The van der Waals surface area contributed by atoms with Crippen LogP contribution in [0.2, 0.25) is 0 Å². The quantitative estimate of drug-likeness (QED) is 0.734. The number of carbonyl (C=O) groups is 2. The summed E-state index contributed by atoms with van der Waals surface area (Å²) in [6.45, 7) is 1.83. The molecule has 2 aromatic heterocycles. The van der Waals surface area contributed by atoms with Crippen molar-refractivity contribution in [2.24, 2.45) is 0 Å². The number of anilines is 1. The summed E-state index contributed by atoms with van der Waals surface area (Å²) in [5, 5.41) is 7.16. The molecule has 1 N–H and O–H groups in total. The number of aromatic nitrogens is 3. The van der Waals surface area contributed by atoms with E-state index in [1.165, 1.54) is 0 Å². The zero-order chi connectivity index (χ0) is 18.1. The van der Waals surface area contributed by atoms with E-state index in [0.29, 0.717) is 23.6 Å². The summed E-state index contributed by atoms with van der Waals surface area (Å²) in [4.78, 5) is 29.0. The van der Waals surface area contributed by atoms with Crippen LogP contribution in [0.15, 0.2) is 54.7 Å². The Morgan fingerprint density at radius 1 is 1.23 bits per heavy atom. The average molecular weight is 348 g/mol. The maximum absolute atomic E-state index is 12.7. The molecule has 0 unspecified atom stereocenters. The van der Waals surface area contributed by atoms with Crippen molar-refractivity contribution in [2.45, 2.75) is 19.4 Å². The van der Waals surface area contributed by atoms with E-state index in [4.69, 9.17) is 4.74 Å². The molecule has 0 saturated carbocycles. The first kappa shape index (κ1) is 16.0. The summed E-state index contributed by atoms with van der Waals surface area (Å²) in [6.07, 6.45) is 1.10. The SMILES string of the molecule is Cc1cc(NC(=O)[C@H]2Cc3ccccc3C(=O)O2)n(-c2ccccn2)n1. The van der Waals surface area contributed by atoms with Crippen LogP contribution < -0.4 is 5.32 Å². The summed E-state index contributed by atoms with van der Waals surface area (Å²) in [5.41, 5.74) is 2.04. The first-order valence-electron chi connectivity index (χ1n) is 8.19. The van der Waals surface area contributed by atoms with Gasteiger partial charge in [-0.05, 0) is 30.7 Å². The van der Waals surface area contributed by atoms with Gasteiger partial charge in [0.2, 0.25) is 0 Å². The van der Waals surface area contributed by atoms with Crippen LogP contribution in [0.3, 0.4) is 0 Å². The van der Waals surface area contributed by atoms with E-state index in [-0.39, 0.29) is 0 Å². The van der Waals surface area contributed by atoms with Crippen molar-refractivity contribution < 1.29 is 14.3 Å². The largest absolute Gasteiger partial charge is 0.448 e. The van der Waals surface area contributed by atoms with Gasteiger partial charge in [0.25, 0.3) is 5.91 Å². The van der Waals surface area contributed by atoms with Crippen molar-refractivity contribution >= 4 is 17.7 Å². The number of esters is 1. The highest BCUT2D eigenvalue weighted by atomic mass is 16.5. The highest BCUT2D eigenvalue weighted by Crippen LogP contribution is 2.22. The minimum Gasteiger partial charge on any atom is -0.448 e. The topological polar surface area (TPSA) is 86.1 Å². The Labute approximate surface area is 149 Å². The fraction of sp³-hybridized carbons (Fsp3) is 0.158. The summed E-state index contributed by atoms with van der Waals surface area (Å²) >= 11 is 0. The molecule has 7 heteroatoms. The van der Waals surface area contributed by atoms with Crippen LogP contribution in [0.25, 0.3) is 5.82 Å². The molecule has 1 aromatic carbocycles. The molecule has 7 nitrogen and oxygen atoms in total. The molecule has 1 atom stereocenters. The summed E-state index contributed by atoms with van der Waals surface area (Å²) in [6, 6.07) is 14.3. The fourth-order valence-electron chi connectivity index (χ4n) is 2.93. The molecule has 26 heavy (non-hydrogen) atoms. The summed E-state index contributed by atoms with van der Waals surface area (Å²) in [7, 11) is 0. The van der Waals surface area contributed by atoms with E-state index in [1.807, 2.05) is 25.1 Å². The predicted molar refractivity (Wildman–Crippen MR) is 94.1 cm³/mol. The van der Waals surface area contributed by atoms with Gasteiger partial charge in [0.1, 0.15) is 5.82 Å². The average Bonchev–Trinajstić information content (AvgIpc) is 3.02. The Morgan fingerprint density at radius 2 is 2.04 bits per heavy atom. The number of aryl methyl sites for hydroxylation is 1. The van der Waals surface area contributed by atoms with Crippen LogP contribution in [0, 0.1) is 6.92 Å². The van der Waals surface area contributed by atoms with Crippen LogP contribution in [-0.4, -0.2) is 32.7 Å². The molecule has 3 heterocycles. The molecule has 1 aliphatic heterocycles. The lowest BCUT2D eigenvalue weighted by atomic mass is 9.98. The molecule has 0 bridgehead atoms.